The third-order valence-corrected chi connectivity index (χ3v) is 3.34. The smallest absolute Gasteiger partial charge is 0.324 e. The van der Waals surface area contributed by atoms with Crippen molar-refractivity contribution in [3.05, 3.63) is 59.0 Å². The summed E-state index contributed by atoms with van der Waals surface area (Å²) in [5, 5.41) is 6.44. The molecule has 0 saturated heterocycles. The summed E-state index contributed by atoms with van der Waals surface area (Å²) in [6.45, 7) is 0. The number of hydrogen-bond donors (Lipinski definition) is 1. The molecule has 3 rings (SSSR count). The molecule has 0 saturated carbocycles. The monoisotopic (exact) mass is 382 g/mol. The molecule has 0 aliphatic heterocycles. The van der Waals surface area contributed by atoms with Gasteiger partial charge in [0, 0.05) is 18.1 Å². The zero-order valence-corrected chi connectivity index (χ0v) is 12.9. The van der Waals surface area contributed by atoms with E-state index in [0.717, 1.165) is 10.7 Å². The standard InChI is InChI=1S/C14H8BrF3N5/c15-10-8-19-13(20-9-4-2-1-3-5-9)21-12(10)23-7-6-11(22-23)14(16,17)18/h1-2,4-8H,(H,19,20,21). The van der Waals surface area contributed by atoms with Crippen molar-refractivity contribution in [3.63, 3.8) is 0 Å². The molecule has 2 aromatic heterocycles. The van der Waals surface area contributed by atoms with Crippen molar-refractivity contribution in [2.75, 3.05) is 5.32 Å². The molecule has 0 aliphatic carbocycles. The number of alkyl halides is 3. The van der Waals surface area contributed by atoms with Gasteiger partial charge in [-0.05, 0) is 40.2 Å². The van der Waals surface area contributed by atoms with E-state index in [-0.39, 0.29) is 11.8 Å². The van der Waals surface area contributed by atoms with Crippen LogP contribution >= 0.6 is 15.9 Å². The number of hydrogen-bond acceptors (Lipinski definition) is 4. The molecule has 5 nitrogen and oxygen atoms in total. The largest absolute Gasteiger partial charge is 0.435 e. The van der Waals surface area contributed by atoms with E-state index >= 15 is 0 Å². The number of rotatable bonds is 3. The van der Waals surface area contributed by atoms with Crippen molar-refractivity contribution in [2.45, 2.75) is 6.18 Å². The van der Waals surface area contributed by atoms with E-state index in [2.05, 4.69) is 42.4 Å². The summed E-state index contributed by atoms with van der Waals surface area (Å²) in [6, 6.07) is 10.8. The second kappa shape index (κ2) is 5.99. The Hall–Kier alpha value is -2.42. The van der Waals surface area contributed by atoms with Crippen molar-refractivity contribution >= 4 is 27.6 Å². The fourth-order valence-electron chi connectivity index (χ4n) is 1.77. The second-order valence-corrected chi connectivity index (χ2v) is 5.28. The molecule has 1 N–H and O–H groups in total. The number of nitrogens with zero attached hydrogens (tertiary/aromatic N) is 4. The van der Waals surface area contributed by atoms with Crippen molar-refractivity contribution in [3.8, 4) is 5.82 Å². The van der Waals surface area contributed by atoms with Crippen LogP contribution in [0.1, 0.15) is 5.69 Å². The van der Waals surface area contributed by atoms with Crippen LogP contribution in [0.25, 0.3) is 5.82 Å². The van der Waals surface area contributed by atoms with Gasteiger partial charge >= 0.3 is 6.18 Å². The van der Waals surface area contributed by atoms with Crippen molar-refractivity contribution in [1.82, 2.24) is 19.7 Å². The Balaban J connectivity index is 1.93. The SMILES string of the molecule is FC(F)(F)c1ccn(-c2nc(Nc3c[c]ccc3)ncc2Br)n1. The normalized spacial score (nSPS) is 11.5. The minimum atomic E-state index is -4.51. The van der Waals surface area contributed by atoms with Gasteiger partial charge in [0.1, 0.15) is 0 Å². The zero-order valence-electron chi connectivity index (χ0n) is 11.3. The van der Waals surface area contributed by atoms with Gasteiger partial charge in [-0.2, -0.15) is 23.3 Å². The lowest BCUT2D eigenvalue weighted by Crippen LogP contribution is -2.09. The van der Waals surface area contributed by atoms with Crippen molar-refractivity contribution in [1.29, 1.82) is 0 Å². The van der Waals surface area contributed by atoms with Crippen LogP contribution in [0, 0.1) is 6.07 Å². The van der Waals surface area contributed by atoms with Gasteiger partial charge in [-0.1, -0.05) is 12.1 Å². The first-order chi connectivity index (χ1) is 10.9. The third kappa shape index (κ3) is 3.50. The fraction of sp³-hybridized carbons (Fsp3) is 0.0714. The van der Waals surface area contributed by atoms with Gasteiger partial charge in [0.15, 0.2) is 11.5 Å². The average Bonchev–Trinajstić information content (AvgIpc) is 3.00. The molecule has 3 aromatic rings. The molecule has 0 unspecified atom stereocenters. The lowest BCUT2D eigenvalue weighted by atomic mass is 10.3. The molecule has 23 heavy (non-hydrogen) atoms. The van der Waals surface area contributed by atoms with E-state index < -0.39 is 11.9 Å². The first-order valence-corrected chi connectivity index (χ1v) is 7.12. The van der Waals surface area contributed by atoms with E-state index in [4.69, 9.17) is 0 Å². The maximum absolute atomic E-state index is 12.6. The maximum atomic E-state index is 12.6. The van der Waals surface area contributed by atoms with Gasteiger partial charge in [0.05, 0.1) is 4.47 Å². The highest BCUT2D eigenvalue weighted by molar-refractivity contribution is 9.10. The molecule has 0 atom stereocenters. The molecule has 0 fully saturated rings. The molecule has 0 amide bonds. The highest BCUT2D eigenvalue weighted by Gasteiger charge is 2.33. The molecular weight excluding hydrogens is 375 g/mol. The lowest BCUT2D eigenvalue weighted by molar-refractivity contribution is -0.141. The quantitative estimate of drug-likeness (QED) is 0.743. The zero-order chi connectivity index (χ0) is 16.4. The predicted molar refractivity (Wildman–Crippen MR) is 80.4 cm³/mol. The van der Waals surface area contributed by atoms with E-state index in [0.29, 0.717) is 10.2 Å². The molecule has 2 heterocycles. The Kier molecular flexibility index (Phi) is 4.03. The number of aromatic nitrogens is 4. The molecule has 117 valence electrons. The minimum Gasteiger partial charge on any atom is -0.324 e. The van der Waals surface area contributed by atoms with Crippen LogP contribution in [0.3, 0.4) is 0 Å². The first-order valence-electron chi connectivity index (χ1n) is 6.32. The van der Waals surface area contributed by atoms with Gasteiger partial charge in [-0.25, -0.2) is 9.67 Å². The molecule has 9 heteroatoms. The van der Waals surface area contributed by atoms with E-state index in [1.54, 1.807) is 24.3 Å². The maximum Gasteiger partial charge on any atom is 0.435 e. The van der Waals surface area contributed by atoms with Gasteiger partial charge in [0.2, 0.25) is 5.95 Å². The summed E-state index contributed by atoms with van der Waals surface area (Å²) in [6.07, 6.45) is -1.88. The summed E-state index contributed by atoms with van der Waals surface area (Å²) >= 11 is 3.21. The average molecular weight is 383 g/mol. The topological polar surface area (TPSA) is 55.6 Å². The highest BCUT2D eigenvalue weighted by Crippen LogP contribution is 2.28. The van der Waals surface area contributed by atoms with E-state index in [1.807, 2.05) is 0 Å². The Labute approximate surface area is 137 Å². The van der Waals surface area contributed by atoms with Crippen LogP contribution in [-0.4, -0.2) is 19.7 Å². The van der Waals surface area contributed by atoms with Crippen LogP contribution in [0.15, 0.2) is 47.2 Å². The molecule has 1 aromatic carbocycles. The summed E-state index contributed by atoms with van der Waals surface area (Å²) < 4.78 is 39.4. The first kappa shape index (κ1) is 15.5. The third-order valence-electron chi connectivity index (χ3n) is 2.79. The van der Waals surface area contributed by atoms with Gasteiger partial charge < -0.3 is 5.32 Å². The van der Waals surface area contributed by atoms with Gasteiger partial charge in [-0.3, -0.25) is 0 Å². The van der Waals surface area contributed by atoms with E-state index in [9.17, 15) is 13.2 Å². The molecule has 0 aliphatic rings. The lowest BCUT2D eigenvalue weighted by Gasteiger charge is -2.08. The Morgan fingerprint density at radius 1 is 1.26 bits per heavy atom. The van der Waals surface area contributed by atoms with Crippen LogP contribution < -0.4 is 5.32 Å². The summed E-state index contributed by atoms with van der Waals surface area (Å²) in [7, 11) is 0. The number of anilines is 2. The van der Waals surface area contributed by atoms with Crippen molar-refractivity contribution < 1.29 is 13.2 Å². The number of nitrogens with one attached hydrogen (secondary N) is 1. The van der Waals surface area contributed by atoms with Gasteiger partial charge in [0.25, 0.3) is 0 Å². The van der Waals surface area contributed by atoms with Crippen LogP contribution in [0.4, 0.5) is 24.8 Å². The van der Waals surface area contributed by atoms with Gasteiger partial charge in [-0.15, -0.1) is 0 Å². The molecule has 0 bridgehead atoms. The van der Waals surface area contributed by atoms with Crippen molar-refractivity contribution in [2.24, 2.45) is 0 Å². The summed E-state index contributed by atoms with van der Waals surface area (Å²) in [4.78, 5) is 8.25. The van der Waals surface area contributed by atoms with Crippen LogP contribution in [-0.2, 0) is 6.18 Å². The summed E-state index contributed by atoms with van der Waals surface area (Å²) in [5.41, 5.74) is -0.285. The fourth-order valence-corrected chi connectivity index (χ4v) is 2.15. The highest BCUT2D eigenvalue weighted by atomic mass is 79.9. The number of benzene rings is 1. The molecular formula is C14H8BrF3N5. The minimum absolute atomic E-state index is 0.193. The second-order valence-electron chi connectivity index (χ2n) is 4.43. The molecule has 1 radical (unpaired) electrons. The Morgan fingerprint density at radius 2 is 2.09 bits per heavy atom. The van der Waals surface area contributed by atoms with Crippen LogP contribution in [0.5, 0.6) is 0 Å². The van der Waals surface area contributed by atoms with Crippen LogP contribution in [0.2, 0.25) is 0 Å². The molecule has 0 spiro atoms. The predicted octanol–water partition coefficient (Wildman–Crippen LogP) is 3.99. The number of halogens is 4. The summed E-state index contributed by atoms with van der Waals surface area (Å²) in [5.74, 6) is 0.421. The van der Waals surface area contributed by atoms with E-state index in [1.165, 1.54) is 12.4 Å². The Morgan fingerprint density at radius 3 is 2.74 bits per heavy atom. The Bertz CT molecular complexity index is 817.